The molecule has 0 heterocycles. The van der Waals surface area contributed by atoms with Crippen LogP contribution in [0.25, 0.3) is 0 Å². The van der Waals surface area contributed by atoms with E-state index in [0.717, 1.165) is 5.56 Å². The summed E-state index contributed by atoms with van der Waals surface area (Å²) in [5.41, 5.74) is 0.815. The normalized spacial score (nSPS) is 11.9. The van der Waals surface area contributed by atoms with E-state index in [2.05, 4.69) is 0 Å². The monoisotopic (exact) mass is 333 g/mol. The van der Waals surface area contributed by atoms with Crippen molar-refractivity contribution in [3.8, 4) is 5.75 Å². The standard InChI is InChI=1S/C11H12INO3/c1-8(11(16)13(12)6-7-14)9-2-4-10(15)5-3-9/h2-5,7-8,15H,6H2,1H3. The number of aldehydes is 1. The van der Waals surface area contributed by atoms with E-state index < -0.39 is 0 Å². The van der Waals surface area contributed by atoms with Gasteiger partial charge in [0.25, 0.3) is 0 Å². The maximum absolute atomic E-state index is 11.8. The molecule has 0 aliphatic carbocycles. The average Bonchev–Trinajstić information content (AvgIpc) is 2.28. The summed E-state index contributed by atoms with van der Waals surface area (Å²) in [5.74, 6) is -0.279. The topological polar surface area (TPSA) is 57.6 Å². The Morgan fingerprint density at radius 1 is 1.50 bits per heavy atom. The number of amides is 1. The van der Waals surface area contributed by atoms with Crippen LogP contribution >= 0.6 is 22.9 Å². The Morgan fingerprint density at radius 2 is 2.06 bits per heavy atom. The van der Waals surface area contributed by atoms with Crippen molar-refractivity contribution in [1.29, 1.82) is 0 Å². The maximum Gasteiger partial charge on any atom is 0.238 e. The minimum Gasteiger partial charge on any atom is -0.508 e. The summed E-state index contributed by atoms with van der Waals surface area (Å²) in [6.07, 6.45) is 0.688. The van der Waals surface area contributed by atoms with Gasteiger partial charge >= 0.3 is 0 Å². The Balaban J connectivity index is 2.77. The van der Waals surface area contributed by atoms with E-state index in [-0.39, 0.29) is 24.1 Å². The Labute approximate surface area is 108 Å². The van der Waals surface area contributed by atoms with Gasteiger partial charge in [-0.3, -0.25) is 7.91 Å². The molecule has 0 bridgehead atoms. The van der Waals surface area contributed by atoms with Crippen molar-refractivity contribution in [3.63, 3.8) is 0 Å². The van der Waals surface area contributed by atoms with Gasteiger partial charge in [0.05, 0.1) is 35.3 Å². The largest absolute Gasteiger partial charge is 0.508 e. The molecule has 1 rings (SSSR count). The van der Waals surface area contributed by atoms with Crippen LogP contribution in [0, 0.1) is 0 Å². The van der Waals surface area contributed by atoms with Crippen LogP contribution in [0.5, 0.6) is 5.75 Å². The average molecular weight is 333 g/mol. The third-order valence-corrected chi connectivity index (χ3v) is 3.11. The molecule has 0 saturated heterocycles. The van der Waals surface area contributed by atoms with E-state index in [1.165, 1.54) is 15.2 Å². The Kier molecular flexibility index (Phi) is 4.72. The number of nitrogens with zero attached hydrogens (tertiary/aromatic N) is 1. The third-order valence-electron chi connectivity index (χ3n) is 2.24. The number of rotatable bonds is 4. The highest BCUT2D eigenvalue weighted by molar-refractivity contribution is 14.1. The van der Waals surface area contributed by atoms with Crippen molar-refractivity contribution in [3.05, 3.63) is 29.8 Å². The molecule has 1 unspecified atom stereocenters. The van der Waals surface area contributed by atoms with Gasteiger partial charge in [0.15, 0.2) is 0 Å². The molecule has 4 nitrogen and oxygen atoms in total. The summed E-state index contributed by atoms with van der Waals surface area (Å²) in [4.78, 5) is 22.1. The van der Waals surface area contributed by atoms with Crippen molar-refractivity contribution < 1.29 is 14.7 Å². The molecule has 1 amide bonds. The first-order valence-corrected chi connectivity index (χ1v) is 5.72. The number of carbonyl (C=O) groups excluding carboxylic acids is 2. The predicted molar refractivity (Wildman–Crippen MR) is 68.3 cm³/mol. The first kappa shape index (κ1) is 13.0. The summed E-state index contributed by atoms with van der Waals surface area (Å²) in [6, 6.07) is 6.47. The van der Waals surface area contributed by atoms with Crippen molar-refractivity contribution in [2.75, 3.05) is 6.54 Å². The van der Waals surface area contributed by atoms with Gasteiger partial charge in [0, 0.05) is 0 Å². The number of phenols is 1. The van der Waals surface area contributed by atoms with E-state index in [9.17, 15) is 9.59 Å². The van der Waals surface area contributed by atoms with Crippen molar-refractivity contribution in [2.24, 2.45) is 0 Å². The lowest BCUT2D eigenvalue weighted by Gasteiger charge is -2.17. The molecule has 16 heavy (non-hydrogen) atoms. The zero-order chi connectivity index (χ0) is 12.1. The number of halogens is 1. The summed E-state index contributed by atoms with van der Waals surface area (Å²) >= 11 is 1.82. The molecular weight excluding hydrogens is 321 g/mol. The van der Waals surface area contributed by atoms with Gasteiger partial charge in [0.2, 0.25) is 5.91 Å². The first-order valence-electron chi connectivity index (χ1n) is 4.76. The van der Waals surface area contributed by atoms with Crippen LogP contribution in [-0.4, -0.2) is 27.0 Å². The molecule has 0 aliphatic heterocycles. The van der Waals surface area contributed by atoms with Crippen molar-refractivity contribution >= 4 is 35.1 Å². The molecule has 0 aliphatic rings. The second-order valence-corrected chi connectivity index (χ2v) is 4.53. The van der Waals surface area contributed by atoms with Crippen LogP contribution < -0.4 is 0 Å². The van der Waals surface area contributed by atoms with Crippen molar-refractivity contribution in [1.82, 2.24) is 3.11 Å². The fourth-order valence-corrected chi connectivity index (χ4v) is 1.85. The number of aromatic hydroxyl groups is 1. The quantitative estimate of drug-likeness (QED) is 0.520. The summed E-state index contributed by atoms with van der Waals surface area (Å²) in [7, 11) is 0. The smallest absolute Gasteiger partial charge is 0.238 e. The molecule has 1 atom stereocenters. The number of phenolic OH excluding ortho intramolecular Hbond substituents is 1. The van der Waals surface area contributed by atoms with Crippen LogP contribution in [0.3, 0.4) is 0 Å². The molecule has 0 fully saturated rings. The molecule has 1 aromatic carbocycles. The zero-order valence-electron chi connectivity index (χ0n) is 8.76. The molecule has 86 valence electrons. The van der Waals surface area contributed by atoms with E-state index in [4.69, 9.17) is 5.11 Å². The van der Waals surface area contributed by atoms with Gasteiger partial charge in [0.1, 0.15) is 12.0 Å². The van der Waals surface area contributed by atoms with E-state index >= 15 is 0 Å². The number of hydrogen-bond acceptors (Lipinski definition) is 3. The molecular formula is C11H12INO3. The summed E-state index contributed by atoms with van der Waals surface area (Å²) in [6.45, 7) is 1.85. The number of hydrogen-bond donors (Lipinski definition) is 1. The fourth-order valence-electron chi connectivity index (χ4n) is 1.27. The Hall–Kier alpha value is -1.11. The number of carbonyl (C=O) groups is 2. The SMILES string of the molecule is CC(C(=O)N(I)CC=O)c1ccc(O)cc1. The lowest BCUT2D eigenvalue weighted by Crippen LogP contribution is -2.27. The van der Waals surface area contributed by atoms with Gasteiger partial charge in [-0.15, -0.1) is 0 Å². The second kappa shape index (κ2) is 5.83. The highest BCUT2D eigenvalue weighted by Crippen LogP contribution is 2.21. The predicted octanol–water partition coefficient (Wildman–Crippen LogP) is 1.87. The van der Waals surface area contributed by atoms with Crippen LogP contribution in [0.2, 0.25) is 0 Å². The molecule has 1 N–H and O–H groups in total. The minimum atomic E-state index is -0.322. The second-order valence-electron chi connectivity index (χ2n) is 3.36. The van der Waals surface area contributed by atoms with E-state index in [0.29, 0.717) is 6.29 Å². The fraction of sp³-hybridized carbons (Fsp3) is 0.273. The maximum atomic E-state index is 11.8. The van der Waals surface area contributed by atoms with Gasteiger partial charge < -0.3 is 9.90 Å². The molecule has 0 saturated carbocycles. The Morgan fingerprint density at radius 3 is 2.56 bits per heavy atom. The Bertz CT molecular complexity index is 377. The van der Waals surface area contributed by atoms with Crippen LogP contribution in [0.15, 0.2) is 24.3 Å². The van der Waals surface area contributed by atoms with Crippen LogP contribution in [-0.2, 0) is 9.59 Å². The molecule has 1 aromatic rings. The van der Waals surface area contributed by atoms with Gasteiger partial charge in [-0.25, -0.2) is 0 Å². The molecule has 0 spiro atoms. The molecule has 5 heteroatoms. The zero-order valence-corrected chi connectivity index (χ0v) is 10.9. The minimum absolute atomic E-state index is 0.0851. The third kappa shape index (κ3) is 3.19. The van der Waals surface area contributed by atoms with Crippen LogP contribution in [0.1, 0.15) is 18.4 Å². The molecule has 0 aromatic heterocycles. The van der Waals surface area contributed by atoms with E-state index in [1.807, 2.05) is 22.9 Å². The van der Waals surface area contributed by atoms with E-state index in [1.54, 1.807) is 19.1 Å². The first-order chi connectivity index (χ1) is 7.56. The lowest BCUT2D eigenvalue weighted by molar-refractivity contribution is -0.127. The van der Waals surface area contributed by atoms with Crippen molar-refractivity contribution in [2.45, 2.75) is 12.8 Å². The van der Waals surface area contributed by atoms with Gasteiger partial charge in [-0.05, 0) is 24.6 Å². The van der Waals surface area contributed by atoms with Gasteiger partial charge in [-0.1, -0.05) is 12.1 Å². The summed E-state index contributed by atoms with van der Waals surface area (Å²) < 4.78 is 1.35. The number of benzene rings is 1. The summed E-state index contributed by atoms with van der Waals surface area (Å²) in [5, 5.41) is 9.13. The van der Waals surface area contributed by atoms with Crippen LogP contribution in [0.4, 0.5) is 0 Å². The lowest BCUT2D eigenvalue weighted by atomic mass is 10.0. The molecule has 0 radical (unpaired) electrons. The highest BCUT2D eigenvalue weighted by Gasteiger charge is 2.19. The highest BCUT2D eigenvalue weighted by atomic mass is 127. The van der Waals surface area contributed by atoms with Gasteiger partial charge in [-0.2, -0.15) is 0 Å².